The van der Waals surface area contributed by atoms with Gasteiger partial charge in [-0.25, -0.2) is 9.78 Å². The van der Waals surface area contributed by atoms with Gasteiger partial charge in [0.1, 0.15) is 11.3 Å². The zero-order valence-electron chi connectivity index (χ0n) is 11.8. The van der Waals surface area contributed by atoms with E-state index < -0.39 is 5.97 Å². The van der Waals surface area contributed by atoms with Crippen molar-refractivity contribution in [2.75, 3.05) is 14.2 Å². The number of methoxy groups -OCH3 is 2. The minimum absolute atomic E-state index is 0.270. The fraction of sp³-hybridized carbons (Fsp3) is 0.125. The second-order valence-electron chi connectivity index (χ2n) is 4.03. The molecule has 0 aliphatic carbocycles. The van der Waals surface area contributed by atoms with Gasteiger partial charge in [-0.2, -0.15) is 0 Å². The summed E-state index contributed by atoms with van der Waals surface area (Å²) >= 11 is 0. The third kappa shape index (κ3) is 3.60. The number of aromatic nitrogens is 1. The number of benzene rings is 1. The lowest BCUT2D eigenvalue weighted by Crippen LogP contribution is -2.05. The van der Waals surface area contributed by atoms with Crippen molar-refractivity contribution in [3.63, 3.8) is 0 Å². The van der Waals surface area contributed by atoms with Crippen molar-refractivity contribution in [2.24, 2.45) is 0 Å². The number of carbonyl (C=O) groups is 1. The summed E-state index contributed by atoms with van der Waals surface area (Å²) in [5.41, 5.74) is 0.836. The topological polar surface area (TPSA) is 57.7 Å². The second-order valence-corrected chi connectivity index (χ2v) is 4.03. The maximum Gasteiger partial charge on any atom is 0.341 e. The Bertz CT molecular complexity index is 638. The van der Waals surface area contributed by atoms with Crippen molar-refractivity contribution >= 4 is 11.5 Å². The molecule has 1 aromatic heterocycles. The Morgan fingerprint density at radius 2 is 1.86 bits per heavy atom. The van der Waals surface area contributed by atoms with Crippen LogP contribution in [0.1, 0.15) is 5.56 Å². The van der Waals surface area contributed by atoms with Crippen LogP contribution in [0.3, 0.4) is 0 Å². The number of pyridine rings is 1. The highest BCUT2D eigenvalue weighted by atomic mass is 16.5. The maximum atomic E-state index is 11.9. The Morgan fingerprint density at radius 3 is 2.52 bits per heavy atom. The summed E-state index contributed by atoms with van der Waals surface area (Å²) in [7, 11) is 2.78. The second kappa shape index (κ2) is 7.09. The van der Waals surface area contributed by atoms with E-state index in [1.54, 1.807) is 36.5 Å². The molecular weight excluding hydrogens is 270 g/mol. The monoisotopic (exact) mass is 285 g/mol. The Morgan fingerprint density at radius 1 is 1.10 bits per heavy atom. The summed E-state index contributed by atoms with van der Waals surface area (Å²) in [6.45, 7) is 0. The van der Waals surface area contributed by atoms with Crippen molar-refractivity contribution in [1.29, 1.82) is 0 Å². The minimum atomic E-state index is -0.506. The molecule has 5 heteroatoms. The van der Waals surface area contributed by atoms with Crippen molar-refractivity contribution < 1.29 is 19.0 Å². The maximum absolute atomic E-state index is 11.9. The summed E-state index contributed by atoms with van der Waals surface area (Å²) in [5, 5.41) is 0. The molecule has 1 aromatic carbocycles. The van der Waals surface area contributed by atoms with Crippen molar-refractivity contribution in [3.05, 3.63) is 60.5 Å². The van der Waals surface area contributed by atoms with Crippen molar-refractivity contribution in [1.82, 2.24) is 4.98 Å². The number of para-hydroxylation sites is 1. The van der Waals surface area contributed by atoms with Crippen LogP contribution in [0.2, 0.25) is 0 Å². The Kier molecular flexibility index (Phi) is 4.93. The number of rotatable bonds is 5. The number of hydrogen-bond acceptors (Lipinski definition) is 5. The molecule has 0 N–H and O–H groups in total. The zero-order chi connectivity index (χ0) is 15.1. The Balaban J connectivity index is 2.40. The highest BCUT2D eigenvalue weighted by Crippen LogP contribution is 2.30. The molecule has 5 nitrogen and oxygen atoms in total. The standard InChI is InChI=1S/C16H15NO4/c1-19-11-13(16(18)20-2)12-7-3-4-8-14(12)21-15-9-5-6-10-17-15/h3-11H,1-2H3. The van der Waals surface area contributed by atoms with Gasteiger partial charge in [0, 0.05) is 17.8 Å². The fourth-order valence-corrected chi connectivity index (χ4v) is 1.75. The molecule has 0 fully saturated rings. The number of hydrogen-bond donors (Lipinski definition) is 0. The first-order chi connectivity index (χ1) is 10.3. The molecule has 0 bridgehead atoms. The van der Waals surface area contributed by atoms with E-state index in [1.165, 1.54) is 20.5 Å². The molecule has 0 saturated heterocycles. The molecule has 0 atom stereocenters. The number of nitrogens with zero attached hydrogens (tertiary/aromatic N) is 1. The van der Waals surface area contributed by atoms with Gasteiger partial charge in [0.05, 0.1) is 20.5 Å². The molecule has 1 heterocycles. The molecule has 0 amide bonds. The van der Waals surface area contributed by atoms with E-state index in [2.05, 4.69) is 4.98 Å². The Hall–Kier alpha value is -2.82. The van der Waals surface area contributed by atoms with E-state index in [9.17, 15) is 4.79 Å². The largest absolute Gasteiger partial charge is 0.503 e. The van der Waals surface area contributed by atoms with Gasteiger partial charge < -0.3 is 14.2 Å². The summed E-state index contributed by atoms with van der Waals surface area (Å²) in [6.07, 6.45) is 2.95. The van der Waals surface area contributed by atoms with Crippen LogP contribution < -0.4 is 4.74 Å². The van der Waals surface area contributed by atoms with Gasteiger partial charge in [-0.3, -0.25) is 0 Å². The third-order valence-electron chi connectivity index (χ3n) is 2.67. The highest BCUT2D eigenvalue weighted by Gasteiger charge is 2.18. The molecule has 0 aliphatic rings. The first-order valence-corrected chi connectivity index (χ1v) is 6.26. The van der Waals surface area contributed by atoms with E-state index in [0.717, 1.165) is 0 Å². The third-order valence-corrected chi connectivity index (χ3v) is 2.67. The van der Waals surface area contributed by atoms with E-state index in [4.69, 9.17) is 14.2 Å². The van der Waals surface area contributed by atoms with Gasteiger partial charge in [-0.15, -0.1) is 0 Å². The summed E-state index contributed by atoms with van der Waals surface area (Å²) in [6, 6.07) is 12.4. The van der Waals surface area contributed by atoms with Crippen LogP contribution >= 0.6 is 0 Å². The van der Waals surface area contributed by atoms with Crippen LogP contribution in [-0.4, -0.2) is 25.2 Å². The van der Waals surface area contributed by atoms with Gasteiger partial charge in [-0.1, -0.05) is 24.3 Å². The van der Waals surface area contributed by atoms with E-state index in [-0.39, 0.29) is 5.57 Å². The predicted octanol–water partition coefficient (Wildman–Crippen LogP) is 3.03. The van der Waals surface area contributed by atoms with Crippen molar-refractivity contribution in [3.8, 4) is 11.6 Å². The van der Waals surface area contributed by atoms with Crippen LogP contribution in [0, 0.1) is 0 Å². The molecule has 108 valence electrons. The molecule has 2 rings (SSSR count). The van der Waals surface area contributed by atoms with Gasteiger partial charge in [0.15, 0.2) is 0 Å². The lowest BCUT2D eigenvalue weighted by molar-refractivity contribution is -0.133. The fourth-order valence-electron chi connectivity index (χ4n) is 1.75. The molecule has 0 unspecified atom stereocenters. The van der Waals surface area contributed by atoms with Gasteiger partial charge in [-0.05, 0) is 12.1 Å². The average Bonchev–Trinajstić information content (AvgIpc) is 2.54. The lowest BCUT2D eigenvalue weighted by Gasteiger charge is -2.11. The summed E-state index contributed by atoms with van der Waals surface area (Å²) in [4.78, 5) is 16.0. The Labute approximate surface area is 122 Å². The molecule has 21 heavy (non-hydrogen) atoms. The van der Waals surface area contributed by atoms with E-state index in [1.807, 2.05) is 12.1 Å². The zero-order valence-corrected chi connectivity index (χ0v) is 11.8. The first-order valence-electron chi connectivity index (χ1n) is 6.26. The number of esters is 1. The van der Waals surface area contributed by atoms with Crippen molar-refractivity contribution in [2.45, 2.75) is 0 Å². The van der Waals surface area contributed by atoms with Gasteiger partial charge >= 0.3 is 5.97 Å². The van der Waals surface area contributed by atoms with Crippen LogP contribution in [0.4, 0.5) is 0 Å². The normalized spacial score (nSPS) is 10.9. The van der Waals surface area contributed by atoms with E-state index >= 15 is 0 Å². The van der Waals surface area contributed by atoms with Crippen LogP contribution in [0.15, 0.2) is 54.9 Å². The highest BCUT2D eigenvalue weighted by molar-refractivity contribution is 6.17. The smallest absolute Gasteiger partial charge is 0.341 e. The minimum Gasteiger partial charge on any atom is -0.503 e. The lowest BCUT2D eigenvalue weighted by atomic mass is 10.1. The first kappa shape index (κ1) is 14.6. The SMILES string of the molecule is COC=C(C(=O)OC)c1ccccc1Oc1ccccn1. The van der Waals surface area contributed by atoms with Crippen LogP contribution in [0.25, 0.3) is 5.57 Å². The molecule has 2 aromatic rings. The quantitative estimate of drug-likeness (QED) is 0.480. The van der Waals surface area contributed by atoms with Crippen LogP contribution in [-0.2, 0) is 14.3 Å². The predicted molar refractivity (Wildman–Crippen MR) is 77.8 cm³/mol. The van der Waals surface area contributed by atoms with Crippen LogP contribution in [0.5, 0.6) is 11.6 Å². The molecule has 0 aliphatic heterocycles. The number of ether oxygens (including phenoxy) is 3. The average molecular weight is 285 g/mol. The summed E-state index contributed by atoms with van der Waals surface area (Å²) in [5.74, 6) is 0.422. The molecule has 0 saturated carbocycles. The summed E-state index contributed by atoms with van der Waals surface area (Å²) < 4.78 is 15.4. The van der Waals surface area contributed by atoms with E-state index in [0.29, 0.717) is 17.2 Å². The molecule has 0 spiro atoms. The number of carbonyl (C=O) groups excluding carboxylic acids is 1. The van der Waals surface area contributed by atoms with Gasteiger partial charge in [0.25, 0.3) is 0 Å². The molecule has 0 radical (unpaired) electrons. The van der Waals surface area contributed by atoms with Gasteiger partial charge in [0.2, 0.25) is 5.88 Å². The molecular formula is C16H15NO4.